The van der Waals surface area contributed by atoms with Crippen molar-refractivity contribution in [3.8, 4) is 0 Å². The summed E-state index contributed by atoms with van der Waals surface area (Å²) in [6, 6.07) is 3.39. The Labute approximate surface area is 121 Å². The Hall–Kier alpha value is -2.02. The minimum Gasteiger partial charge on any atom is -0.369 e. The molecule has 2 aromatic rings. The van der Waals surface area contributed by atoms with E-state index in [2.05, 4.69) is 25.8 Å². The molecule has 0 spiro atoms. The minimum absolute atomic E-state index is 0.263. The van der Waals surface area contributed by atoms with Gasteiger partial charge in [0.25, 0.3) is 5.91 Å². The third-order valence-electron chi connectivity index (χ3n) is 2.65. The zero-order chi connectivity index (χ0) is 14.6. The summed E-state index contributed by atoms with van der Waals surface area (Å²) in [5.74, 6) is 0.393. The first-order valence-electron chi connectivity index (χ1n) is 6.33. The maximum atomic E-state index is 12.2. The normalized spacial score (nSPS) is 11.2. The highest BCUT2D eigenvalue weighted by molar-refractivity contribution is 7.09. The second-order valence-electron chi connectivity index (χ2n) is 4.75. The summed E-state index contributed by atoms with van der Waals surface area (Å²) in [6.45, 7) is 6.55. The zero-order valence-electron chi connectivity index (χ0n) is 11.7. The lowest BCUT2D eigenvalue weighted by molar-refractivity contribution is 0.0906. The lowest BCUT2D eigenvalue weighted by Crippen LogP contribution is -2.41. The van der Waals surface area contributed by atoms with Gasteiger partial charge in [0.2, 0.25) is 0 Å². The van der Waals surface area contributed by atoms with Crippen LogP contribution in [-0.4, -0.2) is 27.6 Å². The second kappa shape index (κ2) is 5.96. The molecule has 0 aromatic carbocycles. The van der Waals surface area contributed by atoms with Crippen LogP contribution in [0.5, 0.6) is 0 Å². The first-order valence-corrected chi connectivity index (χ1v) is 7.21. The molecule has 2 rings (SSSR count). The number of thiazole rings is 1. The molecule has 0 aliphatic rings. The van der Waals surface area contributed by atoms with E-state index in [0.29, 0.717) is 5.82 Å². The van der Waals surface area contributed by atoms with Gasteiger partial charge in [0.05, 0.1) is 5.54 Å². The molecular formula is C13H17N5OS. The first kappa shape index (κ1) is 14.4. The Kier molecular flexibility index (Phi) is 4.29. The fourth-order valence-corrected chi connectivity index (χ4v) is 2.38. The number of nitrogens with one attached hydrogen (secondary N) is 2. The maximum Gasteiger partial charge on any atom is 0.272 e. The number of carbonyl (C=O) groups excluding carboxylic acids is 1. The average Bonchev–Trinajstić information content (AvgIpc) is 2.94. The molecule has 2 N–H and O–H groups in total. The number of nitrogens with zero attached hydrogens (tertiary/aromatic N) is 3. The molecule has 0 unspecified atom stereocenters. The highest BCUT2D eigenvalue weighted by Crippen LogP contribution is 2.22. The highest BCUT2D eigenvalue weighted by atomic mass is 32.1. The van der Waals surface area contributed by atoms with E-state index in [1.807, 2.05) is 26.2 Å². The number of rotatable bonds is 5. The van der Waals surface area contributed by atoms with E-state index in [1.54, 1.807) is 18.3 Å². The Morgan fingerprint density at radius 1 is 1.35 bits per heavy atom. The minimum atomic E-state index is -0.534. The topological polar surface area (TPSA) is 79.8 Å². The number of aromatic nitrogens is 3. The summed E-state index contributed by atoms with van der Waals surface area (Å²) in [6.07, 6.45) is 1.72. The SMILES string of the molecule is CCNc1ccc(C(=O)NC(C)(C)c2nccs2)nn1. The van der Waals surface area contributed by atoms with Crippen LogP contribution in [0.25, 0.3) is 0 Å². The van der Waals surface area contributed by atoms with Crippen molar-refractivity contribution in [3.05, 3.63) is 34.4 Å². The number of hydrogen-bond donors (Lipinski definition) is 2. The smallest absolute Gasteiger partial charge is 0.272 e. The van der Waals surface area contributed by atoms with Gasteiger partial charge in [-0.3, -0.25) is 4.79 Å². The predicted molar refractivity (Wildman–Crippen MR) is 78.8 cm³/mol. The number of hydrogen-bond acceptors (Lipinski definition) is 6. The molecule has 2 aromatic heterocycles. The molecule has 0 atom stereocenters. The molecule has 0 aliphatic heterocycles. The molecule has 6 nitrogen and oxygen atoms in total. The van der Waals surface area contributed by atoms with Crippen LogP contribution in [0.4, 0.5) is 5.82 Å². The summed E-state index contributed by atoms with van der Waals surface area (Å²) in [5, 5.41) is 16.5. The van der Waals surface area contributed by atoms with Gasteiger partial charge in [-0.05, 0) is 32.9 Å². The third-order valence-corrected chi connectivity index (χ3v) is 3.74. The Morgan fingerprint density at radius 3 is 2.70 bits per heavy atom. The van der Waals surface area contributed by atoms with Crippen molar-refractivity contribution in [3.63, 3.8) is 0 Å². The summed E-state index contributed by atoms with van der Waals surface area (Å²) in [5.41, 5.74) is -0.246. The van der Waals surface area contributed by atoms with Crippen molar-refractivity contribution in [1.29, 1.82) is 0 Å². The molecule has 0 fully saturated rings. The van der Waals surface area contributed by atoms with Crippen molar-refractivity contribution in [2.24, 2.45) is 0 Å². The lowest BCUT2D eigenvalue weighted by atomic mass is 10.1. The van der Waals surface area contributed by atoms with Crippen molar-refractivity contribution in [2.75, 3.05) is 11.9 Å². The molecule has 7 heteroatoms. The van der Waals surface area contributed by atoms with Crippen LogP contribution in [0.15, 0.2) is 23.7 Å². The van der Waals surface area contributed by atoms with E-state index in [9.17, 15) is 4.79 Å². The van der Waals surface area contributed by atoms with E-state index < -0.39 is 5.54 Å². The van der Waals surface area contributed by atoms with Gasteiger partial charge in [-0.2, -0.15) is 0 Å². The molecule has 0 bridgehead atoms. The van der Waals surface area contributed by atoms with Gasteiger partial charge in [-0.15, -0.1) is 21.5 Å². The summed E-state index contributed by atoms with van der Waals surface area (Å²) in [7, 11) is 0. The molecule has 2 heterocycles. The standard InChI is InChI=1S/C13H17N5OS/c1-4-14-10-6-5-9(17-18-10)11(19)16-13(2,3)12-15-7-8-20-12/h5-8H,4H2,1-3H3,(H,14,18)(H,16,19). The van der Waals surface area contributed by atoms with E-state index in [1.165, 1.54) is 11.3 Å². The Balaban J connectivity index is 2.08. The summed E-state index contributed by atoms with van der Waals surface area (Å²) < 4.78 is 0. The molecule has 0 saturated carbocycles. The number of anilines is 1. The van der Waals surface area contributed by atoms with Gasteiger partial charge >= 0.3 is 0 Å². The predicted octanol–water partition coefficient (Wildman–Crippen LogP) is 2.03. The first-order chi connectivity index (χ1) is 9.53. The number of carbonyl (C=O) groups is 1. The van der Waals surface area contributed by atoms with Gasteiger partial charge in [-0.1, -0.05) is 0 Å². The molecule has 0 aliphatic carbocycles. The van der Waals surface area contributed by atoms with E-state index in [4.69, 9.17) is 0 Å². The molecule has 1 amide bonds. The van der Waals surface area contributed by atoms with Crippen molar-refractivity contribution in [2.45, 2.75) is 26.3 Å². The van der Waals surface area contributed by atoms with Crippen LogP contribution in [0.1, 0.15) is 36.3 Å². The number of amides is 1. The van der Waals surface area contributed by atoms with Crippen molar-refractivity contribution < 1.29 is 4.79 Å². The molecular weight excluding hydrogens is 274 g/mol. The zero-order valence-corrected chi connectivity index (χ0v) is 12.5. The van der Waals surface area contributed by atoms with Crippen molar-refractivity contribution in [1.82, 2.24) is 20.5 Å². The van der Waals surface area contributed by atoms with Crippen LogP contribution in [0.2, 0.25) is 0 Å². The quantitative estimate of drug-likeness (QED) is 0.881. The molecule has 106 valence electrons. The average molecular weight is 291 g/mol. The largest absolute Gasteiger partial charge is 0.369 e. The summed E-state index contributed by atoms with van der Waals surface area (Å²) >= 11 is 1.50. The Morgan fingerprint density at radius 2 is 2.15 bits per heavy atom. The lowest BCUT2D eigenvalue weighted by Gasteiger charge is -2.23. The van der Waals surface area contributed by atoms with Crippen LogP contribution in [0.3, 0.4) is 0 Å². The van der Waals surface area contributed by atoms with Gasteiger partial charge in [-0.25, -0.2) is 4.98 Å². The van der Waals surface area contributed by atoms with Crippen LogP contribution < -0.4 is 10.6 Å². The van der Waals surface area contributed by atoms with Gasteiger partial charge in [0.1, 0.15) is 10.8 Å². The fourth-order valence-electron chi connectivity index (χ4n) is 1.66. The van der Waals surface area contributed by atoms with Crippen LogP contribution >= 0.6 is 11.3 Å². The Bertz CT molecular complexity index is 565. The molecule has 20 heavy (non-hydrogen) atoms. The second-order valence-corrected chi connectivity index (χ2v) is 5.65. The van der Waals surface area contributed by atoms with E-state index in [-0.39, 0.29) is 11.6 Å². The van der Waals surface area contributed by atoms with Gasteiger partial charge in [0.15, 0.2) is 5.69 Å². The molecule has 0 radical (unpaired) electrons. The monoisotopic (exact) mass is 291 g/mol. The van der Waals surface area contributed by atoms with Gasteiger partial charge in [0, 0.05) is 18.1 Å². The van der Waals surface area contributed by atoms with E-state index in [0.717, 1.165) is 11.6 Å². The third kappa shape index (κ3) is 3.30. The summed E-state index contributed by atoms with van der Waals surface area (Å²) in [4.78, 5) is 16.4. The molecule has 0 saturated heterocycles. The van der Waals surface area contributed by atoms with Crippen LogP contribution in [0, 0.1) is 0 Å². The highest BCUT2D eigenvalue weighted by Gasteiger charge is 2.26. The fraction of sp³-hybridized carbons (Fsp3) is 0.385. The van der Waals surface area contributed by atoms with E-state index >= 15 is 0 Å². The van der Waals surface area contributed by atoms with Crippen LogP contribution in [-0.2, 0) is 5.54 Å². The maximum absolute atomic E-state index is 12.2. The van der Waals surface area contributed by atoms with Crippen molar-refractivity contribution >= 4 is 23.1 Å². The van der Waals surface area contributed by atoms with Gasteiger partial charge < -0.3 is 10.6 Å².